The van der Waals surface area contributed by atoms with Crippen molar-refractivity contribution in [1.29, 1.82) is 0 Å². The highest BCUT2D eigenvalue weighted by Gasteiger charge is 2.25. The molecule has 0 aliphatic carbocycles. The first-order valence-electron chi connectivity index (χ1n) is 6.28. The van der Waals surface area contributed by atoms with E-state index in [1.165, 1.54) is 12.1 Å². The highest BCUT2D eigenvalue weighted by Crippen LogP contribution is 2.24. The van der Waals surface area contributed by atoms with Gasteiger partial charge in [0.05, 0.1) is 18.7 Å². The molecule has 0 saturated carbocycles. The number of nitrogens with zero attached hydrogens (tertiary/aromatic N) is 2. The van der Waals surface area contributed by atoms with Crippen molar-refractivity contribution in [3.8, 4) is 0 Å². The summed E-state index contributed by atoms with van der Waals surface area (Å²) in [5.41, 5.74) is 2.20. The molecule has 2 aromatic rings. The monoisotopic (exact) mass is 290 g/mol. The molecule has 0 bridgehead atoms. The van der Waals surface area contributed by atoms with Gasteiger partial charge in [-0.2, -0.15) is 0 Å². The molecule has 3 nitrogen and oxygen atoms in total. The van der Waals surface area contributed by atoms with Crippen LogP contribution in [0.2, 0.25) is 5.02 Å². The second-order valence-electron chi connectivity index (χ2n) is 4.74. The summed E-state index contributed by atoms with van der Waals surface area (Å²) in [5.74, 6) is -0.587. The number of amides is 1. The van der Waals surface area contributed by atoms with E-state index in [1.807, 2.05) is 12.1 Å². The van der Waals surface area contributed by atoms with Gasteiger partial charge in [0.15, 0.2) is 0 Å². The molecule has 0 radical (unpaired) electrons. The van der Waals surface area contributed by atoms with Crippen molar-refractivity contribution in [2.45, 2.75) is 19.5 Å². The standard InChI is InChI=1S/C15H12ClFN2O/c16-12-4-1-5-13(17)11(12)7-15(20)19-8-10-3-2-6-18-14(10)9-19/h1-6H,7-9H2. The average molecular weight is 291 g/mol. The molecule has 1 aliphatic rings. The lowest BCUT2D eigenvalue weighted by Crippen LogP contribution is -2.27. The Hall–Kier alpha value is -1.94. The van der Waals surface area contributed by atoms with Gasteiger partial charge in [-0.25, -0.2) is 4.39 Å². The first-order chi connectivity index (χ1) is 9.65. The van der Waals surface area contributed by atoms with Gasteiger partial charge in [-0.3, -0.25) is 9.78 Å². The Labute approximate surface area is 121 Å². The number of aromatic nitrogens is 1. The third-order valence-electron chi connectivity index (χ3n) is 3.43. The number of rotatable bonds is 2. The zero-order valence-electron chi connectivity index (χ0n) is 10.6. The molecule has 5 heteroatoms. The van der Waals surface area contributed by atoms with Gasteiger partial charge in [-0.15, -0.1) is 0 Å². The van der Waals surface area contributed by atoms with Gasteiger partial charge in [0.2, 0.25) is 5.91 Å². The number of benzene rings is 1. The van der Waals surface area contributed by atoms with E-state index >= 15 is 0 Å². The maximum Gasteiger partial charge on any atom is 0.227 e. The third kappa shape index (κ3) is 2.39. The number of fused-ring (bicyclic) bond motifs is 1. The van der Waals surface area contributed by atoms with E-state index in [4.69, 9.17) is 11.6 Å². The first-order valence-corrected chi connectivity index (χ1v) is 6.66. The first kappa shape index (κ1) is 13.1. The summed E-state index contributed by atoms with van der Waals surface area (Å²) >= 11 is 5.95. The lowest BCUT2D eigenvalue weighted by molar-refractivity contribution is -0.131. The van der Waals surface area contributed by atoms with Crippen LogP contribution in [0.15, 0.2) is 36.5 Å². The topological polar surface area (TPSA) is 33.2 Å². The number of carbonyl (C=O) groups is 1. The molecule has 102 valence electrons. The van der Waals surface area contributed by atoms with E-state index in [0.29, 0.717) is 13.1 Å². The fraction of sp³-hybridized carbons (Fsp3) is 0.200. The minimum Gasteiger partial charge on any atom is -0.332 e. The second-order valence-corrected chi connectivity index (χ2v) is 5.14. The summed E-state index contributed by atoms with van der Waals surface area (Å²) in [5, 5.41) is 0.285. The molecule has 1 aromatic heterocycles. The Morgan fingerprint density at radius 1 is 1.30 bits per heavy atom. The Balaban J connectivity index is 1.76. The molecule has 20 heavy (non-hydrogen) atoms. The summed E-state index contributed by atoms with van der Waals surface area (Å²) in [6.45, 7) is 0.995. The Bertz CT molecular complexity index is 629. The molecule has 1 aromatic carbocycles. The van der Waals surface area contributed by atoms with Crippen molar-refractivity contribution < 1.29 is 9.18 Å². The van der Waals surface area contributed by atoms with Gasteiger partial charge in [0.25, 0.3) is 0 Å². The van der Waals surface area contributed by atoms with E-state index < -0.39 is 5.82 Å². The van der Waals surface area contributed by atoms with Crippen LogP contribution >= 0.6 is 11.6 Å². The summed E-state index contributed by atoms with van der Waals surface area (Å²) < 4.78 is 13.7. The van der Waals surface area contributed by atoms with Crippen LogP contribution in [0.1, 0.15) is 16.8 Å². The normalized spacial score (nSPS) is 13.4. The molecule has 1 aliphatic heterocycles. The van der Waals surface area contributed by atoms with E-state index in [9.17, 15) is 9.18 Å². The number of pyridine rings is 1. The van der Waals surface area contributed by atoms with E-state index in [2.05, 4.69) is 4.98 Å². The lowest BCUT2D eigenvalue weighted by atomic mass is 10.1. The van der Waals surface area contributed by atoms with Crippen molar-refractivity contribution in [2.75, 3.05) is 0 Å². The fourth-order valence-corrected chi connectivity index (χ4v) is 2.57. The summed E-state index contributed by atoms with van der Waals surface area (Å²) in [4.78, 5) is 18.2. The van der Waals surface area contributed by atoms with Gasteiger partial charge in [-0.1, -0.05) is 23.7 Å². The largest absolute Gasteiger partial charge is 0.332 e. The summed E-state index contributed by atoms with van der Waals surface area (Å²) in [7, 11) is 0. The highest BCUT2D eigenvalue weighted by molar-refractivity contribution is 6.31. The second kappa shape index (κ2) is 5.21. The van der Waals surface area contributed by atoms with E-state index in [0.717, 1.165) is 11.3 Å². The predicted octanol–water partition coefficient (Wildman–Crippen LogP) is 2.96. The number of halogens is 2. The molecule has 1 amide bonds. The van der Waals surface area contributed by atoms with Gasteiger partial charge >= 0.3 is 0 Å². The Kier molecular flexibility index (Phi) is 3.40. The molecule has 0 atom stereocenters. The predicted molar refractivity (Wildman–Crippen MR) is 73.6 cm³/mol. The van der Waals surface area contributed by atoms with Crippen LogP contribution in [0.5, 0.6) is 0 Å². The maximum atomic E-state index is 13.7. The quantitative estimate of drug-likeness (QED) is 0.852. The Morgan fingerprint density at radius 3 is 2.90 bits per heavy atom. The van der Waals surface area contributed by atoms with Crippen molar-refractivity contribution in [1.82, 2.24) is 9.88 Å². The number of carbonyl (C=O) groups excluding carboxylic acids is 1. The molecule has 3 rings (SSSR count). The van der Waals surface area contributed by atoms with Gasteiger partial charge in [-0.05, 0) is 23.8 Å². The minimum absolute atomic E-state index is 0.0283. The molecule has 0 fully saturated rings. The van der Waals surface area contributed by atoms with Crippen LogP contribution < -0.4 is 0 Å². The van der Waals surface area contributed by atoms with Crippen molar-refractivity contribution >= 4 is 17.5 Å². The molecule has 0 unspecified atom stereocenters. The molecule has 0 N–H and O–H groups in total. The van der Waals surface area contributed by atoms with Gasteiger partial charge < -0.3 is 4.90 Å². The van der Waals surface area contributed by atoms with Crippen LogP contribution in [0, 0.1) is 5.82 Å². The zero-order valence-corrected chi connectivity index (χ0v) is 11.4. The molecule has 0 saturated heterocycles. The molecular formula is C15H12ClFN2O. The Morgan fingerprint density at radius 2 is 2.15 bits per heavy atom. The van der Waals surface area contributed by atoms with Crippen LogP contribution in [-0.2, 0) is 24.3 Å². The molecular weight excluding hydrogens is 279 g/mol. The average Bonchev–Trinajstić information content (AvgIpc) is 2.87. The molecule has 2 heterocycles. The van der Waals surface area contributed by atoms with E-state index in [1.54, 1.807) is 17.2 Å². The smallest absolute Gasteiger partial charge is 0.227 e. The lowest BCUT2D eigenvalue weighted by Gasteiger charge is -2.15. The van der Waals surface area contributed by atoms with Gasteiger partial charge in [0, 0.05) is 23.3 Å². The number of hydrogen-bond acceptors (Lipinski definition) is 2. The zero-order chi connectivity index (χ0) is 14.1. The highest BCUT2D eigenvalue weighted by atomic mass is 35.5. The third-order valence-corrected chi connectivity index (χ3v) is 3.78. The summed E-state index contributed by atoms with van der Waals surface area (Å²) in [6, 6.07) is 8.23. The van der Waals surface area contributed by atoms with Crippen LogP contribution in [-0.4, -0.2) is 15.8 Å². The van der Waals surface area contributed by atoms with Crippen molar-refractivity contribution in [3.05, 3.63) is 64.2 Å². The van der Waals surface area contributed by atoms with Crippen LogP contribution in [0.25, 0.3) is 0 Å². The van der Waals surface area contributed by atoms with Crippen LogP contribution in [0.3, 0.4) is 0 Å². The van der Waals surface area contributed by atoms with Gasteiger partial charge in [0.1, 0.15) is 5.82 Å². The van der Waals surface area contributed by atoms with Crippen LogP contribution in [0.4, 0.5) is 4.39 Å². The summed E-state index contributed by atoms with van der Waals surface area (Å²) in [6.07, 6.45) is 1.68. The minimum atomic E-state index is -0.444. The number of hydrogen-bond donors (Lipinski definition) is 0. The van der Waals surface area contributed by atoms with E-state index in [-0.39, 0.29) is 22.9 Å². The van der Waals surface area contributed by atoms with Crippen molar-refractivity contribution in [2.24, 2.45) is 0 Å². The maximum absolute atomic E-state index is 13.7. The molecule has 0 spiro atoms. The fourth-order valence-electron chi connectivity index (χ4n) is 2.34. The van der Waals surface area contributed by atoms with Crippen molar-refractivity contribution in [3.63, 3.8) is 0 Å². The SMILES string of the molecule is O=C(Cc1c(F)cccc1Cl)N1Cc2cccnc2C1.